The number of aryl methyl sites for hydroxylation is 1. The molecule has 0 spiro atoms. The number of benzene rings is 2. The minimum atomic E-state index is -4.59. The predicted molar refractivity (Wildman–Crippen MR) is 138 cm³/mol. The van der Waals surface area contributed by atoms with Gasteiger partial charge in [0.2, 0.25) is 6.41 Å². The molecule has 2 aliphatic carbocycles. The van der Waals surface area contributed by atoms with Crippen LogP contribution in [0, 0.1) is 24.1 Å². The summed E-state index contributed by atoms with van der Waals surface area (Å²) in [6.07, 6.45) is 5.92. The Kier molecular flexibility index (Phi) is 8.62. The largest absolute Gasteiger partial charge is 0.416 e. The Labute approximate surface area is 217 Å². The Morgan fingerprint density at radius 3 is 2.30 bits per heavy atom. The molecule has 5 rings (SSSR count). The summed E-state index contributed by atoms with van der Waals surface area (Å²) in [4.78, 5) is 12.7. The number of amides is 1. The van der Waals surface area contributed by atoms with Gasteiger partial charge in [0.25, 0.3) is 0 Å². The Bertz CT molecular complexity index is 1040. The zero-order valence-corrected chi connectivity index (χ0v) is 21.8. The van der Waals surface area contributed by atoms with Crippen LogP contribution in [0.3, 0.4) is 0 Å². The maximum absolute atomic E-state index is 12.8. The maximum Gasteiger partial charge on any atom is 0.416 e. The molecule has 0 aromatic heterocycles. The summed E-state index contributed by atoms with van der Waals surface area (Å²) in [5.74, 6) is 0.892. The van der Waals surface area contributed by atoms with Crippen molar-refractivity contribution in [3.05, 3.63) is 70.5 Å². The normalized spacial score (nSPS) is 24.9. The number of carbonyl (C=O) groups excluding carboxylic acids is 1. The average molecular weight is 519 g/mol. The van der Waals surface area contributed by atoms with E-state index in [1.165, 1.54) is 63.6 Å². The Hall–Kier alpha value is -2.41. The van der Waals surface area contributed by atoms with Crippen molar-refractivity contribution in [2.45, 2.75) is 83.5 Å². The van der Waals surface area contributed by atoms with Gasteiger partial charge in [-0.25, -0.2) is 4.39 Å². The van der Waals surface area contributed by atoms with E-state index in [1.807, 2.05) is 0 Å². The number of halogens is 4. The van der Waals surface area contributed by atoms with Gasteiger partial charge in [-0.3, -0.25) is 4.79 Å². The second-order valence-electron chi connectivity index (χ2n) is 11.4. The SMILES string of the molecule is Cc1ccc(C2CCN(C3CCC(C)(C4CC4)C3)CC2)cc1.O=CNCc1cc(F)cc(C(F)(F)F)c1. The van der Waals surface area contributed by atoms with Gasteiger partial charge < -0.3 is 10.2 Å². The van der Waals surface area contributed by atoms with Gasteiger partial charge in [0.15, 0.2) is 0 Å². The van der Waals surface area contributed by atoms with Gasteiger partial charge in [0.1, 0.15) is 5.82 Å². The van der Waals surface area contributed by atoms with Crippen molar-refractivity contribution in [1.82, 2.24) is 10.2 Å². The molecule has 3 fully saturated rings. The topological polar surface area (TPSA) is 32.3 Å². The zero-order valence-electron chi connectivity index (χ0n) is 21.8. The lowest BCUT2D eigenvalue weighted by molar-refractivity contribution is -0.137. The first-order valence-electron chi connectivity index (χ1n) is 13.4. The van der Waals surface area contributed by atoms with Crippen LogP contribution >= 0.6 is 0 Å². The van der Waals surface area contributed by atoms with Crippen LogP contribution < -0.4 is 5.32 Å². The average Bonchev–Trinajstić information content (AvgIpc) is 3.66. The molecule has 3 aliphatic rings. The Morgan fingerprint density at radius 1 is 1.03 bits per heavy atom. The second-order valence-corrected chi connectivity index (χ2v) is 11.4. The molecule has 3 nitrogen and oxygen atoms in total. The zero-order chi connectivity index (χ0) is 26.6. The third-order valence-electron chi connectivity index (χ3n) is 8.58. The fourth-order valence-electron chi connectivity index (χ4n) is 6.21. The van der Waals surface area contributed by atoms with E-state index in [0.29, 0.717) is 17.9 Å². The summed E-state index contributed by atoms with van der Waals surface area (Å²) in [6.45, 7) is 7.27. The molecule has 1 N–H and O–H groups in total. The molecule has 2 atom stereocenters. The summed E-state index contributed by atoms with van der Waals surface area (Å²) in [7, 11) is 0. The van der Waals surface area contributed by atoms with Crippen molar-refractivity contribution < 1.29 is 22.4 Å². The number of likely N-dealkylation sites (tertiary alicyclic amines) is 1. The van der Waals surface area contributed by atoms with Gasteiger partial charge in [-0.15, -0.1) is 0 Å². The molecule has 2 unspecified atom stereocenters. The molecule has 2 saturated carbocycles. The minimum Gasteiger partial charge on any atom is -0.355 e. The van der Waals surface area contributed by atoms with E-state index >= 15 is 0 Å². The van der Waals surface area contributed by atoms with E-state index in [4.69, 9.17) is 0 Å². The van der Waals surface area contributed by atoms with Crippen LogP contribution in [0.4, 0.5) is 17.6 Å². The number of hydrogen-bond acceptors (Lipinski definition) is 2. The highest BCUT2D eigenvalue weighted by molar-refractivity contribution is 5.46. The van der Waals surface area contributed by atoms with Gasteiger partial charge in [-0.05, 0) is 112 Å². The van der Waals surface area contributed by atoms with E-state index < -0.39 is 17.6 Å². The summed E-state index contributed by atoms with van der Waals surface area (Å²) >= 11 is 0. The lowest BCUT2D eigenvalue weighted by atomic mass is 9.82. The van der Waals surface area contributed by atoms with E-state index in [1.54, 1.807) is 5.56 Å². The molecule has 1 heterocycles. The first kappa shape index (κ1) is 27.6. The van der Waals surface area contributed by atoms with Crippen molar-refractivity contribution >= 4 is 6.41 Å². The summed E-state index contributed by atoms with van der Waals surface area (Å²) in [5.41, 5.74) is 2.64. The van der Waals surface area contributed by atoms with Gasteiger partial charge in [0, 0.05) is 12.6 Å². The number of nitrogens with one attached hydrogen (secondary N) is 1. The molecule has 1 amide bonds. The number of carbonyl (C=O) groups is 1. The third kappa shape index (κ3) is 7.34. The van der Waals surface area contributed by atoms with Crippen LogP contribution in [0.2, 0.25) is 0 Å². The first-order valence-corrected chi connectivity index (χ1v) is 13.4. The molecule has 1 saturated heterocycles. The lowest BCUT2D eigenvalue weighted by Gasteiger charge is -2.37. The number of alkyl halides is 3. The summed E-state index contributed by atoms with van der Waals surface area (Å²) < 4.78 is 49.4. The van der Waals surface area contributed by atoms with Gasteiger partial charge in [-0.2, -0.15) is 13.2 Å². The highest BCUT2D eigenvalue weighted by Gasteiger charge is 2.47. The van der Waals surface area contributed by atoms with Crippen LogP contribution in [-0.2, 0) is 17.5 Å². The van der Waals surface area contributed by atoms with Crippen LogP contribution in [0.25, 0.3) is 0 Å². The standard InChI is InChI=1S/C21H31N.C9H7F4NO/c1-16-3-5-17(6-4-16)18-10-13-22(14-11-18)20-9-12-21(2,15-20)19-7-8-19;10-8-2-6(4-14-5-15)1-7(3-8)9(11,12)13/h3-6,18-20H,7-15H2,1-2H3;1-3,5H,4H2,(H,14,15). The van der Waals surface area contributed by atoms with Crippen molar-refractivity contribution in [2.75, 3.05) is 13.1 Å². The van der Waals surface area contributed by atoms with Crippen molar-refractivity contribution in [1.29, 1.82) is 0 Å². The van der Waals surface area contributed by atoms with Crippen LogP contribution in [0.5, 0.6) is 0 Å². The van der Waals surface area contributed by atoms with E-state index in [9.17, 15) is 22.4 Å². The lowest BCUT2D eigenvalue weighted by Crippen LogP contribution is -2.40. The van der Waals surface area contributed by atoms with Crippen molar-refractivity contribution in [2.24, 2.45) is 11.3 Å². The van der Waals surface area contributed by atoms with E-state index in [-0.39, 0.29) is 12.1 Å². The summed E-state index contributed by atoms with van der Waals surface area (Å²) in [5, 5.41) is 2.16. The molecule has 1 aliphatic heterocycles. The second kappa shape index (κ2) is 11.5. The molecule has 7 heteroatoms. The molecule has 202 valence electrons. The third-order valence-corrected chi connectivity index (χ3v) is 8.58. The Balaban J connectivity index is 0.000000188. The van der Waals surface area contributed by atoms with E-state index in [2.05, 4.69) is 48.3 Å². The number of hydrogen-bond donors (Lipinski definition) is 1. The quantitative estimate of drug-likeness (QED) is 0.323. The smallest absolute Gasteiger partial charge is 0.355 e. The van der Waals surface area contributed by atoms with E-state index in [0.717, 1.165) is 30.0 Å². The fourth-order valence-corrected chi connectivity index (χ4v) is 6.21. The van der Waals surface area contributed by atoms with Crippen molar-refractivity contribution in [3.63, 3.8) is 0 Å². The van der Waals surface area contributed by atoms with Gasteiger partial charge in [-0.1, -0.05) is 36.8 Å². The molecule has 37 heavy (non-hydrogen) atoms. The number of nitrogens with zero attached hydrogens (tertiary/aromatic N) is 1. The molecule has 0 bridgehead atoms. The van der Waals surface area contributed by atoms with Gasteiger partial charge >= 0.3 is 6.18 Å². The first-order chi connectivity index (χ1) is 17.6. The molecular formula is C30H38F4N2O. The number of piperidine rings is 1. The van der Waals surface area contributed by atoms with Crippen LogP contribution in [0.1, 0.15) is 80.0 Å². The highest BCUT2D eigenvalue weighted by atomic mass is 19.4. The van der Waals surface area contributed by atoms with Crippen LogP contribution in [-0.4, -0.2) is 30.4 Å². The van der Waals surface area contributed by atoms with Crippen LogP contribution in [0.15, 0.2) is 42.5 Å². The Morgan fingerprint density at radius 2 is 1.70 bits per heavy atom. The summed E-state index contributed by atoms with van der Waals surface area (Å²) in [6, 6.07) is 12.3. The minimum absolute atomic E-state index is 0.0643. The van der Waals surface area contributed by atoms with Gasteiger partial charge in [0.05, 0.1) is 5.56 Å². The van der Waals surface area contributed by atoms with Crippen molar-refractivity contribution in [3.8, 4) is 0 Å². The molecular weight excluding hydrogens is 480 g/mol. The number of rotatable bonds is 6. The predicted octanol–water partition coefficient (Wildman–Crippen LogP) is 7.23. The fraction of sp³-hybridized carbons (Fsp3) is 0.567. The molecule has 2 aromatic carbocycles. The molecule has 0 radical (unpaired) electrons. The monoisotopic (exact) mass is 518 g/mol. The molecule has 2 aromatic rings. The maximum atomic E-state index is 12.8. The highest BCUT2D eigenvalue weighted by Crippen LogP contribution is 2.55.